The molecule has 4 amide bonds. The molecule has 2 aliphatic rings. The number of nitrogens with one attached hydrogen (secondary N) is 2. The maximum absolute atomic E-state index is 12.8. The highest BCUT2D eigenvalue weighted by molar-refractivity contribution is 6.09. The van der Waals surface area contributed by atoms with Gasteiger partial charge in [0.15, 0.2) is 0 Å². The van der Waals surface area contributed by atoms with Gasteiger partial charge in [-0.1, -0.05) is 50.1 Å². The monoisotopic (exact) mass is 345 g/mol. The van der Waals surface area contributed by atoms with Crippen molar-refractivity contribution in [1.29, 1.82) is 0 Å². The first-order chi connectivity index (χ1) is 12.0. The van der Waals surface area contributed by atoms with Crippen molar-refractivity contribution in [3.63, 3.8) is 0 Å². The van der Waals surface area contributed by atoms with Crippen LogP contribution in [0.2, 0.25) is 0 Å². The van der Waals surface area contributed by atoms with Gasteiger partial charge in [-0.15, -0.1) is 0 Å². The van der Waals surface area contributed by atoms with Gasteiger partial charge < -0.3 is 5.32 Å². The number of rotatable bonds is 5. The zero-order valence-corrected chi connectivity index (χ0v) is 14.3. The zero-order valence-electron chi connectivity index (χ0n) is 14.3. The van der Waals surface area contributed by atoms with Crippen LogP contribution >= 0.6 is 0 Å². The van der Waals surface area contributed by atoms with Crippen LogP contribution in [0, 0.1) is 5.92 Å². The van der Waals surface area contributed by atoms with E-state index >= 15 is 0 Å². The van der Waals surface area contributed by atoms with Crippen molar-refractivity contribution in [2.45, 2.75) is 44.8 Å². The highest BCUT2D eigenvalue weighted by Gasteiger charge is 2.55. The van der Waals surface area contributed by atoms with E-state index in [9.17, 15) is 14.4 Å². The summed E-state index contributed by atoms with van der Waals surface area (Å²) >= 11 is 0. The highest BCUT2D eigenvalue weighted by atomic mass is 16.6. The number of carbonyl (C=O) groups is 3. The van der Waals surface area contributed by atoms with E-state index in [2.05, 4.69) is 10.8 Å². The molecule has 1 spiro atoms. The van der Waals surface area contributed by atoms with Crippen molar-refractivity contribution < 1.29 is 19.2 Å². The van der Waals surface area contributed by atoms with E-state index in [1.54, 1.807) is 0 Å². The SMILES string of the molecule is C[C@H]1CCCC[C@@]12NC(=O)N(CC(=O)NOCc1ccccc1)C2=O. The van der Waals surface area contributed by atoms with Crippen LogP contribution in [0.15, 0.2) is 30.3 Å². The lowest BCUT2D eigenvalue weighted by Crippen LogP contribution is -2.54. The Labute approximate surface area is 146 Å². The molecule has 2 fully saturated rings. The van der Waals surface area contributed by atoms with E-state index in [0.717, 1.165) is 29.7 Å². The predicted octanol–water partition coefficient (Wildman–Crippen LogP) is 1.74. The molecule has 25 heavy (non-hydrogen) atoms. The third-order valence-electron chi connectivity index (χ3n) is 5.07. The van der Waals surface area contributed by atoms with E-state index in [-0.39, 0.29) is 25.0 Å². The second-order valence-corrected chi connectivity index (χ2v) is 6.74. The molecule has 134 valence electrons. The molecule has 1 saturated carbocycles. The average Bonchev–Trinajstić information content (AvgIpc) is 2.84. The van der Waals surface area contributed by atoms with Crippen LogP contribution in [0.5, 0.6) is 0 Å². The molecule has 1 aliphatic carbocycles. The predicted molar refractivity (Wildman–Crippen MR) is 90.0 cm³/mol. The number of hydroxylamine groups is 1. The molecule has 7 nitrogen and oxygen atoms in total. The van der Waals surface area contributed by atoms with Gasteiger partial charge >= 0.3 is 6.03 Å². The Hall–Kier alpha value is -2.41. The van der Waals surface area contributed by atoms with Crippen molar-refractivity contribution in [3.8, 4) is 0 Å². The van der Waals surface area contributed by atoms with Gasteiger partial charge in [-0.2, -0.15) is 0 Å². The Morgan fingerprint density at radius 2 is 2.08 bits per heavy atom. The lowest BCUT2D eigenvalue weighted by Gasteiger charge is -2.36. The van der Waals surface area contributed by atoms with E-state index in [0.29, 0.717) is 6.42 Å². The smallest absolute Gasteiger partial charge is 0.323 e. The summed E-state index contributed by atoms with van der Waals surface area (Å²) in [7, 11) is 0. The molecule has 2 N–H and O–H groups in total. The normalized spacial score (nSPS) is 26.0. The molecule has 1 heterocycles. The number of urea groups is 1. The molecule has 0 bridgehead atoms. The third kappa shape index (κ3) is 3.51. The molecule has 0 radical (unpaired) electrons. The van der Waals surface area contributed by atoms with Crippen LogP contribution in [0.3, 0.4) is 0 Å². The van der Waals surface area contributed by atoms with Crippen molar-refractivity contribution in [2.75, 3.05) is 6.54 Å². The van der Waals surface area contributed by atoms with Crippen LogP contribution in [0.25, 0.3) is 0 Å². The third-order valence-corrected chi connectivity index (χ3v) is 5.07. The summed E-state index contributed by atoms with van der Waals surface area (Å²) in [6.07, 6.45) is 3.48. The van der Waals surface area contributed by atoms with Crippen LogP contribution in [-0.4, -0.2) is 34.8 Å². The largest absolute Gasteiger partial charge is 0.325 e. The standard InChI is InChI=1S/C18H23N3O4/c1-13-7-5-6-10-18(13)16(23)21(17(24)19-18)11-15(22)20-25-12-14-8-3-2-4-9-14/h2-4,8-9,13H,5-7,10-12H2,1H3,(H,19,24)(H,20,22)/t13-,18+/m0/s1. The summed E-state index contributed by atoms with van der Waals surface area (Å²) < 4.78 is 0. The summed E-state index contributed by atoms with van der Waals surface area (Å²) in [5.41, 5.74) is 2.35. The summed E-state index contributed by atoms with van der Waals surface area (Å²) in [5.74, 6) is -0.761. The maximum Gasteiger partial charge on any atom is 0.325 e. The van der Waals surface area contributed by atoms with Crippen LogP contribution < -0.4 is 10.8 Å². The molecule has 0 unspecified atom stereocenters. The van der Waals surface area contributed by atoms with Gasteiger partial charge in [0.1, 0.15) is 12.1 Å². The van der Waals surface area contributed by atoms with E-state index < -0.39 is 17.5 Å². The fraction of sp³-hybridized carbons (Fsp3) is 0.500. The molecular formula is C18H23N3O4. The molecule has 1 aromatic carbocycles. The number of carbonyl (C=O) groups excluding carboxylic acids is 3. The van der Waals surface area contributed by atoms with Crippen LogP contribution in [-0.2, 0) is 21.0 Å². The van der Waals surface area contributed by atoms with Gasteiger partial charge in [-0.3, -0.25) is 19.3 Å². The minimum atomic E-state index is -0.847. The molecule has 0 aromatic heterocycles. The molecule has 3 rings (SSSR count). The minimum Gasteiger partial charge on any atom is -0.323 e. The molecule has 1 aliphatic heterocycles. The summed E-state index contributed by atoms with van der Waals surface area (Å²) in [6.45, 7) is 1.85. The van der Waals surface area contributed by atoms with Gasteiger partial charge in [0.2, 0.25) is 0 Å². The molecule has 2 atom stereocenters. The second-order valence-electron chi connectivity index (χ2n) is 6.74. The van der Waals surface area contributed by atoms with Crippen LogP contribution in [0.4, 0.5) is 4.79 Å². The fourth-order valence-corrected chi connectivity index (χ4v) is 3.59. The molecular weight excluding hydrogens is 322 g/mol. The van der Waals surface area contributed by atoms with Gasteiger partial charge in [0.05, 0.1) is 6.61 Å². The first-order valence-electron chi connectivity index (χ1n) is 8.61. The number of benzene rings is 1. The summed E-state index contributed by atoms with van der Waals surface area (Å²) in [6, 6.07) is 8.88. The number of amides is 4. The minimum absolute atomic E-state index is 0.0695. The van der Waals surface area contributed by atoms with Crippen molar-refractivity contribution >= 4 is 17.8 Å². The fourth-order valence-electron chi connectivity index (χ4n) is 3.59. The number of hydrogen-bond donors (Lipinski definition) is 2. The Morgan fingerprint density at radius 1 is 1.32 bits per heavy atom. The van der Waals surface area contributed by atoms with Crippen molar-refractivity contribution in [2.24, 2.45) is 5.92 Å². The van der Waals surface area contributed by atoms with E-state index in [1.807, 2.05) is 37.3 Å². The summed E-state index contributed by atoms with van der Waals surface area (Å²) in [5, 5.41) is 2.82. The first kappa shape index (κ1) is 17.4. The Kier molecular flexibility index (Phi) is 5.03. The Balaban J connectivity index is 1.54. The van der Waals surface area contributed by atoms with Gasteiger partial charge in [-0.05, 0) is 24.3 Å². The Bertz CT molecular complexity index is 664. The second kappa shape index (κ2) is 7.23. The number of imide groups is 1. The van der Waals surface area contributed by atoms with Gasteiger partial charge in [-0.25, -0.2) is 10.3 Å². The summed E-state index contributed by atoms with van der Waals surface area (Å²) in [4.78, 5) is 43.1. The average molecular weight is 345 g/mol. The zero-order chi connectivity index (χ0) is 17.9. The molecule has 1 aromatic rings. The Morgan fingerprint density at radius 3 is 2.80 bits per heavy atom. The van der Waals surface area contributed by atoms with Crippen molar-refractivity contribution in [1.82, 2.24) is 15.7 Å². The maximum atomic E-state index is 12.8. The van der Waals surface area contributed by atoms with Crippen molar-refractivity contribution in [3.05, 3.63) is 35.9 Å². The quantitative estimate of drug-likeness (QED) is 0.628. The topological polar surface area (TPSA) is 87.7 Å². The van der Waals surface area contributed by atoms with Gasteiger partial charge in [0, 0.05) is 0 Å². The van der Waals surface area contributed by atoms with E-state index in [1.165, 1.54) is 0 Å². The number of hydrogen-bond acceptors (Lipinski definition) is 4. The highest BCUT2D eigenvalue weighted by Crippen LogP contribution is 2.38. The number of nitrogens with zero attached hydrogens (tertiary/aromatic N) is 1. The van der Waals surface area contributed by atoms with Crippen LogP contribution in [0.1, 0.15) is 38.2 Å². The molecule has 7 heteroatoms. The lowest BCUT2D eigenvalue weighted by molar-refractivity contribution is -0.142. The van der Waals surface area contributed by atoms with Gasteiger partial charge in [0.25, 0.3) is 11.8 Å². The molecule has 1 saturated heterocycles. The lowest BCUT2D eigenvalue weighted by atomic mass is 9.73. The van der Waals surface area contributed by atoms with E-state index in [4.69, 9.17) is 4.84 Å². The first-order valence-corrected chi connectivity index (χ1v) is 8.61.